The minimum atomic E-state index is -0.263. The fraction of sp³-hybridized carbons (Fsp3) is 0.158. The van der Waals surface area contributed by atoms with Crippen molar-refractivity contribution in [2.75, 3.05) is 6.61 Å². The molecule has 2 aromatic carbocycles. The molecule has 4 heteroatoms. The molecule has 23 heavy (non-hydrogen) atoms. The fourth-order valence-electron chi connectivity index (χ4n) is 2.42. The Bertz CT molecular complexity index is 963. The number of rotatable bonds is 3. The van der Waals surface area contributed by atoms with E-state index in [0.29, 0.717) is 16.7 Å². The van der Waals surface area contributed by atoms with E-state index >= 15 is 0 Å². The summed E-state index contributed by atoms with van der Waals surface area (Å²) in [4.78, 5) is 12.8. The molecule has 0 radical (unpaired) electrons. The Hall–Kier alpha value is -3.06. The average Bonchev–Trinajstić information content (AvgIpc) is 2.55. The van der Waals surface area contributed by atoms with Crippen LogP contribution in [0.3, 0.4) is 0 Å². The van der Waals surface area contributed by atoms with Gasteiger partial charge in [0.1, 0.15) is 11.7 Å². The van der Waals surface area contributed by atoms with Crippen molar-refractivity contribution >= 4 is 11.0 Å². The summed E-state index contributed by atoms with van der Waals surface area (Å²) < 4.78 is 11.3. The van der Waals surface area contributed by atoms with Gasteiger partial charge in [-0.05, 0) is 26.0 Å². The maximum atomic E-state index is 12.8. The predicted octanol–water partition coefficient (Wildman–Crippen LogP) is 3.98. The van der Waals surface area contributed by atoms with Crippen molar-refractivity contribution in [3.8, 4) is 23.1 Å². The van der Waals surface area contributed by atoms with Gasteiger partial charge in [-0.25, -0.2) is 0 Å². The zero-order valence-corrected chi connectivity index (χ0v) is 12.9. The van der Waals surface area contributed by atoms with E-state index in [9.17, 15) is 4.79 Å². The highest BCUT2D eigenvalue weighted by molar-refractivity contribution is 5.82. The van der Waals surface area contributed by atoms with Crippen LogP contribution in [-0.2, 0) is 0 Å². The third kappa shape index (κ3) is 2.82. The van der Waals surface area contributed by atoms with Crippen LogP contribution in [0.2, 0.25) is 0 Å². The van der Waals surface area contributed by atoms with Crippen molar-refractivity contribution in [1.29, 1.82) is 5.26 Å². The van der Waals surface area contributed by atoms with E-state index in [1.54, 1.807) is 12.1 Å². The van der Waals surface area contributed by atoms with Gasteiger partial charge in [-0.15, -0.1) is 0 Å². The van der Waals surface area contributed by atoms with Gasteiger partial charge in [0.25, 0.3) is 0 Å². The van der Waals surface area contributed by atoms with Gasteiger partial charge in [0.15, 0.2) is 12.4 Å². The SMILES string of the molecule is Cc1ccc(-c2oc3ccc(C)cc3c(=O)c2OCC#N)cc1. The molecule has 0 aliphatic heterocycles. The summed E-state index contributed by atoms with van der Waals surface area (Å²) in [5.41, 5.74) is 3.04. The van der Waals surface area contributed by atoms with Crippen LogP contribution in [-0.4, -0.2) is 6.61 Å². The molecule has 1 heterocycles. The number of aryl methyl sites for hydroxylation is 2. The Kier molecular flexibility index (Phi) is 3.86. The molecule has 1 aromatic heterocycles. The van der Waals surface area contributed by atoms with Crippen LogP contribution in [0.15, 0.2) is 51.7 Å². The monoisotopic (exact) mass is 305 g/mol. The summed E-state index contributed by atoms with van der Waals surface area (Å²) in [5, 5.41) is 9.22. The van der Waals surface area contributed by atoms with Crippen LogP contribution < -0.4 is 10.2 Å². The van der Waals surface area contributed by atoms with Crippen molar-refractivity contribution < 1.29 is 9.15 Å². The maximum absolute atomic E-state index is 12.8. The highest BCUT2D eigenvalue weighted by Gasteiger charge is 2.17. The summed E-state index contributed by atoms with van der Waals surface area (Å²) >= 11 is 0. The van der Waals surface area contributed by atoms with Crippen molar-refractivity contribution in [3.05, 3.63) is 63.8 Å². The van der Waals surface area contributed by atoms with Gasteiger partial charge >= 0.3 is 0 Å². The molecule has 0 unspecified atom stereocenters. The van der Waals surface area contributed by atoms with Crippen molar-refractivity contribution in [3.63, 3.8) is 0 Å². The van der Waals surface area contributed by atoms with Gasteiger partial charge in [0, 0.05) is 5.56 Å². The smallest absolute Gasteiger partial charge is 0.235 e. The molecule has 3 aromatic rings. The van der Waals surface area contributed by atoms with Gasteiger partial charge in [0.2, 0.25) is 11.2 Å². The summed E-state index contributed by atoms with van der Waals surface area (Å²) in [6.45, 7) is 3.68. The van der Waals surface area contributed by atoms with Crippen LogP contribution in [0.1, 0.15) is 11.1 Å². The second kappa shape index (κ2) is 5.98. The second-order valence-electron chi connectivity index (χ2n) is 5.40. The largest absolute Gasteiger partial charge is 0.471 e. The highest BCUT2D eigenvalue weighted by atomic mass is 16.5. The summed E-state index contributed by atoms with van der Waals surface area (Å²) in [6.07, 6.45) is 0. The number of hydrogen-bond donors (Lipinski definition) is 0. The molecular formula is C19H15NO3. The lowest BCUT2D eigenvalue weighted by Gasteiger charge is -2.10. The Morgan fingerprint density at radius 3 is 2.48 bits per heavy atom. The number of benzene rings is 2. The van der Waals surface area contributed by atoms with Crippen molar-refractivity contribution in [1.82, 2.24) is 0 Å². The summed E-state index contributed by atoms with van der Waals surface area (Å²) in [7, 11) is 0. The second-order valence-corrected chi connectivity index (χ2v) is 5.40. The zero-order chi connectivity index (χ0) is 16.4. The van der Waals surface area contributed by atoms with E-state index in [2.05, 4.69) is 0 Å². The van der Waals surface area contributed by atoms with Crippen LogP contribution in [0.5, 0.6) is 5.75 Å². The van der Waals surface area contributed by atoms with Crippen molar-refractivity contribution in [2.24, 2.45) is 0 Å². The Morgan fingerprint density at radius 1 is 1.09 bits per heavy atom. The number of fused-ring (bicyclic) bond motifs is 1. The molecule has 0 aliphatic carbocycles. The molecule has 0 spiro atoms. The Morgan fingerprint density at radius 2 is 1.78 bits per heavy atom. The van der Waals surface area contributed by atoms with Crippen LogP contribution in [0, 0.1) is 25.2 Å². The van der Waals surface area contributed by atoms with Gasteiger partial charge < -0.3 is 9.15 Å². The first kappa shape index (κ1) is 14.9. The van der Waals surface area contributed by atoms with Gasteiger partial charge in [-0.3, -0.25) is 4.79 Å². The molecule has 0 saturated carbocycles. The lowest BCUT2D eigenvalue weighted by Crippen LogP contribution is -2.10. The van der Waals surface area contributed by atoms with E-state index in [0.717, 1.165) is 16.7 Å². The van der Waals surface area contributed by atoms with Gasteiger partial charge in [0.05, 0.1) is 5.39 Å². The first-order chi connectivity index (χ1) is 11.1. The third-order valence-corrected chi connectivity index (χ3v) is 3.60. The fourth-order valence-corrected chi connectivity index (χ4v) is 2.42. The van der Waals surface area contributed by atoms with Gasteiger partial charge in [-0.1, -0.05) is 41.5 Å². The van der Waals surface area contributed by atoms with Crippen molar-refractivity contribution in [2.45, 2.75) is 13.8 Å². The van der Waals surface area contributed by atoms with E-state index in [-0.39, 0.29) is 17.8 Å². The van der Waals surface area contributed by atoms with E-state index in [1.165, 1.54) is 0 Å². The maximum Gasteiger partial charge on any atom is 0.235 e. The summed E-state index contributed by atoms with van der Waals surface area (Å²) in [5.74, 6) is 0.426. The van der Waals surface area contributed by atoms with E-state index in [4.69, 9.17) is 14.4 Å². The first-order valence-electron chi connectivity index (χ1n) is 7.24. The molecule has 0 amide bonds. The highest BCUT2D eigenvalue weighted by Crippen LogP contribution is 2.31. The zero-order valence-electron chi connectivity index (χ0n) is 12.9. The lowest BCUT2D eigenvalue weighted by atomic mass is 10.1. The van der Waals surface area contributed by atoms with E-state index < -0.39 is 0 Å². The van der Waals surface area contributed by atoms with Gasteiger partial charge in [-0.2, -0.15) is 5.26 Å². The first-order valence-corrected chi connectivity index (χ1v) is 7.24. The van der Waals surface area contributed by atoms with Crippen LogP contribution >= 0.6 is 0 Å². The number of hydrogen-bond acceptors (Lipinski definition) is 4. The average molecular weight is 305 g/mol. The molecule has 4 nitrogen and oxygen atoms in total. The third-order valence-electron chi connectivity index (χ3n) is 3.60. The number of nitriles is 1. The molecule has 0 bridgehead atoms. The number of nitrogens with zero attached hydrogens (tertiary/aromatic N) is 1. The molecular weight excluding hydrogens is 290 g/mol. The molecule has 0 saturated heterocycles. The normalized spacial score (nSPS) is 10.5. The molecule has 0 fully saturated rings. The quantitative estimate of drug-likeness (QED) is 0.734. The minimum Gasteiger partial charge on any atom is -0.471 e. The molecule has 3 rings (SSSR count). The minimum absolute atomic E-state index is 0.0773. The lowest BCUT2D eigenvalue weighted by molar-refractivity contribution is 0.356. The molecule has 0 aliphatic rings. The van der Waals surface area contributed by atoms with E-state index in [1.807, 2.05) is 50.2 Å². The predicted molar refractivity (Wildman–Crippen MR) is 88.5 cm³/mol. The summed E-state index contributed by atoms with van der Waals surface area (Å²) in [6, 6.07) is 14.9. The Balaban J connectivity index is 2.30. The number of ether oxygens (including phenoxy) is 1. The molecule has 114 valence electrons. The van der Waals surface area contributed by atoms with Crippen LogP contribution in [0.4, 0.5) is 0 Å². The standard InChI is InChI=1S/C19H15NO3/c1-12-3-6-14(7-4-12)18-19(22-10-9-20)17(21)15-11-13(2)5-8-16(15)23-18/h3-8,11H,10H2,1-2H3. The molecule has 0 atom stereocenters. The topological polar surface area (TPSA) is 63.2 Å². The van der Waals surface area contributed by atoms with Crippen LogP contribution in [0.25, 0.3) is 22.3 Å². The Labute approximate surface area is 133 Å². The molecule has 0 N–H and O–H groups in total.